The highest BCUT2D eigenvalue weighted by Gasteiger charge is 2.35. The number of alkyl halides is 3. The van der Waals surface area contributed by atoms with Crippen LogP contribution in [0.3, 0.4) is 0 Å². The molecule has 2 N–H and O–H groups in total. The summed E-state index contributed by atoms with van der Waals surface area (Å²) in [6.07, 6.45) is 3.25. The molecular weight excluding hydrogens is 679 g/mol. The molecule has 0 saturated carbocycles. The molecule has 0 aliphatic carbocycles. The second kappa shape index (κ2) is 12.8. The van der Waals surface area contributed by atoms with E-state index in [1.807, 2.05) is 0 Å². The van der Waals surface area contributed by atoms with Gasteiger partial charge in [-0.3, -0.25) is 23.9 Å². The number of benzene rings is 1. The van der Waals surface area contributed by atoms with E-state index in [2.05, 4.69) is 40.7 Å². The fourth-order valence-corrected chi connectivity index (χ4v) is 5.88. The number of rotatable bonds is 4. The van der Waals surface area contributed by atoms with Crippen LogP contribution in [-0.2, 0) is 11.0 Å². The molecule has 6 heterocycles. The van der Waals surface area contributed by atoms with Gasteiger partial charge in [0, 0.05) is 40.4 Å². The lowest BCUT2D eigenvalue weighted by atomic mass is 9.97. The Hall–Kier alpha value is -5.97. The van der Waals surface area contributed by atoms with Crippen molar-refractivity contribution in [2.75, 3.05) is 5.32 Å². The summed E-state index contributed by atoms with van der Waals surface area (Å²) >= 11 is 6.25. The van der Waals surface area contributed by atoms with Crippen LogP contribution in [0, 0.1) is 5.92 Å². The zero-order chi connectivity index (χ0) is 35.2. The summed E-state index contributed by atoms with van der Waals surface area (Å²) in [5.41, 5.74) is 0.469. The van der Waals surface area contributed by atoms with Crippen LogP contribution in [0.1, 0.15) is 43.6 Å². The molecular formula is C32H25ClF3N11O3. The minimum atomic E-state index is -4.70. The van der Waals surface area contributed by atoms with Crippen molar-refractivity contribution in [3.8, 4) is 34.0 Å². The van der Waals surface area contributed by atoms with Crippen LogP contribution in [-0.4, -0.2) is 55.2 Å². The summed E-state index contributed by atoms with van der Waals surface area (Å²) < 4.78 is 43.5. The molecule has 14 nitrogen and oxygen atoms in total. The predicted octanol–water partition coefficient (Wildman–Crippen LogP) is 4.84. The minimum absolute atomic E-state index is 0.150. The normalized spacial score (nSPS) is 16.6. The predicted molar refractivity (Wildman–Crippen MR) is 174 cm³/mol. The number of hydrogen-bond donors (Lipinski definition) is 2. The minimum Gasteiger partial charge on any atom is -0.323 e. The van der Waals surface area contributed by atoms with Gasteiger partial charge in [0.15, 0.2) is 11.5 Å². The Morgan fingerprint density at radius 2 is 1.80 bits per heavy atom. The van der Waals surface area contributed by atoms with Crippen molar-refractivity contribution in [3.63, 3.8) is 0 Å². The van der Waals surface area contributed by atoms with Crippen molar-refractivity contribution in [2.45, 2.75) is 38.4 Å². The van der Waals surface area contributed by atoms with Gasteiger partial charge in [-0.2, -0.15) is 18.3 Å². The number of anilines is 1. The molecule has 1 aliphatic heterocycles. The fourth-order valence-electron chi connectivity index (χ4n) is 5.71. The summed E-state index contributed by atoms with van der Waals surface area (Å²) in [4.78, 5) is 54.7. The van der Waals surface area contributed by atoms with Crippen LogP contribution in [0.5, 0.6) is 0 Å². The van der Waals surface area contributed by atoms with Gasteiger partial charge in [-0.15, -0.1) is 5.10 Å². The van der Waals surface area contributed by atoms with E-state index in [0.717, 1.165) is 10.9 Å². The van der Waals surface area contributed by atoms with Crippen LogP contribution in [0.2, 0.25) is 5.02 Å². The molecule has 0 spiro atoms. The molecule has 254 valence electrons. The summed E-state index contributed by atoms with van der Waals surface area (Å²) in [7, 11) is 0. The topological polar surface area (TPSA) is 171 Å². The lowest BCUT2D eigenvalue weighted by molar-refractivity contribution is -0.141. The van der Waals surface area contributed by atoms with Crippen molar-refractivity contribution < 1.29 is 18.0 Å². The Balaban J connectivity index is 1.29. The van der Waals surface area contributed by atoms with E-state index in [1.54, 1.807) is 31.5 Å². The van der Waals surface area contributed by atoms with E-state index in [1.165, 1.54) is 52.2 Å². The molecule has 18 heteroatoms. The SMILES string of the molecule is CC1CCCC(n2cnc(-c3cc(Cl)ccc3-n3cc(C(F)(F)F)nn3)cc2=O)c2cc(ccn2)-c2nn(-c3cc(=O)[nH]cn3)cc2NC1=O. The molecule has 7 rings (SSSR count). The molecule has 1 amide bonds. The van der Waals surface area contributed by atoms with Crippen LogP contribution in [0.15, 0.2) is 83.3 Å². The third-order valence-corrected chi connectivity index (χ3v) is 8.50. The largest absolute Gasteiger partial charge is 0.436 e. The summed E-state index contributed by atoms with van der Waals surface area (Å²) in [6.45, 7) is 1.80. The van der Waals surface area contributed by atoms with Crippen molar-refractivity contribution in [2.24, 2.45) is 5.92 Å². The van der Waals surface area contributed by atoms with E-state index in [9.17, 15) is 27.6 Å². The fraction of sp³-hybridized carbons (Fsp3) is 0.219. The van der Waals surface area contributed by atoms with Gasteiger partial charge in [0.25, 0.3) is 11.1 Å². The first-order chi connectivity index (χ1) is 23.9. The molecule has 2 bridgehead atoms. The van der Waals surface area contributed by atoms with Crippen LogP contribution in [0.25, 0.3) is 34.0 Å². The number of fused-ring (bicyclic) bond motifs is 4. The van der Waals surface area contributed by atoms with E-state index >= 15 is 0 Å². The second-order valence-corrected chi connectivity index (χ2v) is 12.1. The lowest BCUT2D eigenvalue weighted by Crippen LogP contribution is -2.27. The van der Waals surface area contributed by atoms with E-state index in [0.29, 0.717) is 41.9 Å². The third kappa shape index (κ3) is 6.41. The van der Waals surface area contributed by atoms with Crippen LogP contribution >= 0.6 is 11.6 Å². The first kappa shape index (κ1) is 32.6. The van der Waals surface area contributed by atoms with Crippen LogP contribution in [0.4, 0.5) is 18.9 Å². The molecule has 1 aromatic carbocycles. The standard InChI is InChI=1S/C32H25ClF3N11O3/c1-17-3-2-4-25(22-9-18(7-8-37-22)30-23(41-31(17)50)13-47(43-30)27-12-28(48)39-15-38-27)45-16-40-21(11-29(45)49)20-10-19(33)5-6-24(20)46-14-26(42-44-46)32(34,35)36/h5-17,25H,2-4H2,1H3,(H,41,50)(H,38,39,48). The zero-order valence-corrected chi connectivity index (χ0v) is 26.7. The van der Waals surface area contributed by atoms with Gasteiger partial charge >= 0.3 is 6.18 Å². The van der Waals surface area contributed by atoms with Gasteiger partial charge in [-0.25, -0.2) is 19.3 Å². The van der Waals surface area contributed by atoms with Crippen molar-refractivity contribution >= 4 is 23.2 Å². The molecule has 50 heavy (non-hydrogen) atoms. The third-order valence-electron chi connectivity index (χ3n) is 8.27. The molecule has 0 saturated heterocycles. The highest BCUT2D eigenvalue weighted by molar-refractivity contribution is 6.31. The Morgan fingerprint density at radius 1 is 0.960 bits per heavy atom. The molecule has 2 atom stereocenters. The Kier molecular flexibility index (Phi) is 8.35. The van der Waals surface area contributed by atoms with Gasteiger partial charge in [0.2, 0.25) is 5.91 Å². The molecule has 5 aromatic heterocycles. The number of aromatic nitrogens is 10. The van der Waals surface area contributed by atoms with Gasteiger partial charge < -0.3 is 10.3 Å². The maximum Gasteiger partial charge on any atom is 0.436 e. The quantitative estimate of drug-likeness (QED) is 0.261. The summed E-state index contributed by atoms with van der Waals surface area (Å²) in [6, 6.07) is 9.82. The van der Waals surface area contributed by atoms with E-state index < -0.39 is 29.4 Å². The second-order valence-electron chi connectivity index (χ2n) is 11.6. The van der Waals surface area contributed by atoms with Crippen molar-refractivity contribution in [3.05, 3.63) is 111 Å². The first-order valence-corrected chi connectivity index (χ1v) is 15.6. The summed E-state index contributed by atoms with van der Waals surface area (Å²) in [5, 5.41) is 14.7. The highest BCUT2D eigenvalue weighted by atomic mass is 35.5. The first-order valence-electron chi connectivity index (χ1n) is 15.2. The molecule has 1 aliphatic rings. The molecule has 0 radical (unpaired) electrons. The maximum absolute atomic E-state index is 13.8. The maximum atomic E-state index is 13.8. The number of carbonyl (C=O) groups is 1. The number of hydrogen-bond acceptors (Lipinski definition) is 9. The average molecular weight is 704 g/mol. The number of aromatic amines is 1. The Morgan fingerprint density at radius 3 is 2.56 bits per heavy atom. The number of nitrogens with one attached hydrogen (secondary N) is 2. The average Bonchev–Trinajstić information content (AvgIpc) is 3.75. The summed E-state index contributed by atoms with van der Waals surface area (Å²) in [5.74, 6) is -0.389. The molecule has 0 fully saturated rings. The Labute approximate surface area is 284 Å². The zero-order valence-electron chi connectivity index (χ0n) is 26.0. The molecule has 6 aromatic rings. The van der Waals surface area contributed by atoms with Crippen LogP contribution < -0.4 is 16.4 Å². The number of pyridine rings is 1. The van der Waals surface area contributed by atoms with Gasteiger partial charge in [0.05, 0.1) is 53.9 Å². The number of carbonyl (C=O) groups excluding carboxylic acids is 1. The Bertz CT molecular complexity index is 2370. The highest BCUT2D eigenvalue weighted by Crippen LogP contribution is 2.34. The van der Waals surface area contributed by atoms with E-state index in [4.69, 9.17) is 11.6 Å². The number of H-pyrrole nitrogens is 1. The van der Waals surface area contributed by atoms with E-state index in [-0.39, 0.29) is 39.3 Å². The van der Waals surface area contributed by atoms with Gasteiger partial charge in [-0.1, -0.05) is 30.2 Å². The monoisotopic (exact) mass is 703 g/mol. The van der Waals surface area contributed by atoms with Crippen molar-refractivity contribution in [1.82, 2.24) is 49.3 Å². The van der Waals surface area contributed by atoms with Gasteiger partial charge in [0.1, 0.15) is 5.69 Å². The lowest BCUT2D eigenvalue weighted by Gasteiger charge is -2.22. The van der Waals surface area contributed by atoms with Gasteiger partial charge in [-0.05, 0) is 43.2 Å². The smallest absolute Gasteiger partial charge is 0.323 e. The molecule has 2 unspecified atom stereocenters. The van der Waals surface area contributed by atoms with Crippen molar-refractivity contribution in [1.29, 1.82) is 0 Å². The number of halogens is 4. The number of amides is 1. The number of nitrogens with zero attached hydrogens (tertiary/aromatic N) is 9.